The highest BCUT2D eigenvalue weighted by Crippen LogP contribution is 2.26. The van der Waals surface area contributed by atoms with E-state index in [1.165, 1.54) is 11.1 Å². The summed E-state index contributed by atoms with van der Waals surface area (Å²) in [4.78, 5) is 14.5. The first-order chi connectivity index (χ1) is 9.70. The van der Waals surface area contributed by atoms with Crippen LogP contribution in [0.2, 0.25) is 0 Å². The minimum atomic E-state index is -0.253. The fraction of sp³-hybridized carbons (Fsp3) is 0.500. The first kappa shape index (κ1) is 13.1. The smallest absolute Gasteiger partial charge is 0.241 e. The van der Waals surface area contributed by atoms with Crippen molar-refractivity contribution in [3.8, 4) is 6.07 Å². The molecule has 0 saturated carbocycles. The lowest BCUT2D eigenvalue weighted by atomic mass is 9.95. The molecule has 0 spiro atoms. The van der Waals surface area contributed by atoms with E-state index < -0.39 is 0 Å². The average Bonchev–Trinajstić information content (AvgIpc) is 2.87. The first-order valence-corrected chi connectivity index (χ1v) is 7.22. The number of likely N-dealkylation sites (tertiary alicyclic amines) is 1. The predicted octanol–water partition coefficient (Wildman–Crippen LogP) is 1.60. The number of rotatable bonds is 1. The molecule has 1 aromatic rings. The van der Waals surface area contributed by atoms with Crippen molar-refractivity contribution >= 4 is 5.91 Å². The maximum Gasteiger partial charge on any atom is 0.241 e. The van der Waals surface area contributed by atoms with Crippen molar-refractivity contribution in [3.63, 3.8) is 0 Å². The monoisotopic (exact) mass is 269 g/mol. The van der Waals surface area contributed by atoms with Crippen LogP contribution in [0.3, 0.4) is 0 Å². The molecule has 0 aromatic heterocycles. The van der Waals surface area contributed by atoms with Crippen molar-refractivity contribution in [1.82, 2.24) is 10.2 Å². The number of carbonyl (C=O) groups is 1. The van der Waals surface area contributed by atoms with Gasteiger partial charge in [-0.2, -0.15) is 5.26 Å². The molecule has 2 aliphatic rings. The van der Waals surface area contributed by atoms with Crippen molar-refractivity contribution in [2.24, 2.45) is 0 Å². The number of nitrogens with zero attached hydrogens (tertiary/aromatic N) is 2. The summed E-state index contributed by atoms with van der Waals surface area (Å²) in [6.45, 7) is 2.76. The Morgan fingerprint density at radius 2 is 2.10 bits per heavy atom. The lowest BCUT2D eigenvalue weighted by Gasteiger charge is -2.32. The highest BCUT2D eigenvalue weighted by atomic mass is 16.2. The van der Waals surface area contributed by atoms with Crippen molar-refractivity contribution in [2.45, 2.75) is 50.9 Å². The van der Waals surface area contributed by atoms with Crippen LogP contribution in [0.1, 0.15) is 30.9 Å². The topological polar surface area (TPSA) is 56.1 Å². The molecular formula is C16H19N3O. The zero-order chi connectivity index (χ0) is 14.1. The lowest BCUT2D eigenvalue weighted by molar-refractivity contribution is -0.135. The largest absolute Gasteiger partial charge is 0.323 e. The summed E-state index contributed by atoms with van der Waals surface area (Å²) in [6.07, 6.45) is 2.44. The van der Waals surface area contributed by atoms with Crippen molar-refractivity contribution in [3.05, 3.63) is 35.4 Å². The third-order valence-electron chi connectivity index (χ3n) is 4.45. The summed E-state index contributed by atoms with van der Waals surface area (Å²) >= 11 is 0. The summed E-state index contributed by atoms with van der Waals surface area (Å²) in [5.74, 6) is 0.0797. The molecule has 2 heterocycles. The number of hydrogen-bond donors (Lipinski definition) is 1. The number of nitriles is 1. The van der Waals surface area contributed by atoms with Crippen LogP contribution in [0.5, 0.6) is 0 Å². The summed E-state index contributed by atoms with van der Waals surface area (Å²) in [5.41, 5.74) is 2.51. The maximum absolute atomic E-state index is 12.7. The Balaban J connectivity index is 1.78. The van der Waals surface area contributed by atoms with Gasteiger partial charge in [-0.15, -0.1) is 0 Å². The summed E-state index contributed by atoms with van der Waals surface area (Å²) in [7, 11) is 0. The Hall–Kier alpha value is -1.86. The van der Waals surface area contributed by atoms with E-state index >= 15 is 0 Å². The van der Waals surface area contributed by atoms with Crippen LogP contribution in [0.15, 0.2) is 24.3 Å². The molecule has 0 aliphatic carbocycles. The van der Waals surface area contributed by atoms with Gasteiger partial charge in [-0.05, 0) is 37.3 Å². The number of carbonyl (C=O) groups excluding carboxylic acids is 1. The molecular weight excluding hydrogens is 250 g/mol. The van der Waals surface area contributed by atoms with Gasteiger partial charge in [0.05, 0.1) is 12.1 Å². The molecule has 1 unspecified atom stereocenters. The second-order valence-corrected chi connectivity index (χ2v) is 5.72. The number of fused-ring (bicyclic) bond motifs is 1. The van der Waals surface area contributed by atoms with Crippen LogP contribution >= 0.6 is 0 Å². The van der Waals surface area contributed by atoms with E-state index in [-0.39, 0.29) is 24.0 Å². The van der Waals surface area contributed by atoms with Gasteiger partial charge in [0.1, 0.15) is 6.04 Å². The standard InChI is InChI=1S/C16H19N3O/c1-11-6-7-14(9-17)19(11)16(20)15-8-12-4-2-3-5-13(12)10-18-15/h2-5,11,14-15,18H,6-8,10H2,1H3/t11-,14-,15?/m0/s1. The van der Waals surface area contributed by atoms with Gasteiger partial charge in [-0.1, -0.05) is 24.3 Å². The van der Waals surface area contributed by atoms with E-state index in [1.807, 2.05) is 19.1 Å². The maximum atomic E-state index is 12.7. The second kappa shape index (κ2) is 5.26. The van der Waals surface area contributed by atoms with Gasteiger partial charge in [0.15, 0.2) is 0 Å². The molecule has 3 rings (SSSR count). The van der Waals surface area contributed by atoms with E-state index in [1.54, 1.807) is 4.90 Å². The van der Waals surface area contributed by atoms with E-state index in [2.05, 4.69) is 23.5 Å². The van der Waals surface area contributed by atoms with Crippen molar-refractivity contribution < 1.29 is 4.79 Å². The van der Waals surface area contributed by atoms with E-state index in [0.717, 1.165) is 25.8 Å². The second-order valence-electron chi connectivity index (χ2n) is 5.72. The molecule has 1 amide bonds. The molecule has 1 fully saturated rings. The molecule has 4 heteroatoms. The quantitative estimate of drug-likeness (QED) is 0.842. The predicted molar refractivity (Wildman–Crippen MR) is 75.7 cm³/mol. The SMILES string of the molecule is C[C@H]1CC[C@@H](C#N)N1C(=O)C1Cc2ccccc2CN1. The van der Waals surface area contributed by atoms with Gasteiger partial charge in [0.2, 0.25) is 5.91 Å². The Morgan fingerprint density at radius 3 is 2.85 bits per heavy atom. The Kier molecular flexibility index (Phi) is 3.45. The fourth-order valence-electron chi connectivity index (χ4n) is 3.29. The van der Waals surface area contributed by atoms with Crippen LogP contribution in [0.25, 0.3) is 0 Å². The number of hydrogen-bond acceptors (Lipinski definition) is 3. The minimum absolute atomic E-state index is 0.0797. The molecule has 0 radical (unpaired) electrons. The van der Waals surface area contributed by atoms with E-state index in [9.17, 15) is 10.1 Å². The molecule has 4 nitrogen and oxygen atoms in total. The highest BCUT2D eigenvalue weighted by Gasteiger charge is 2.38. The van der Waals surface area contributed by atoms with Crippen LogP contribution in [-0.2, 0) is 17.8 Å². The third kappa shape index (κ3) is 2.19. The number of nitrogens with one attached hydrogen (secondary N) is 1. The van der Waals surface area contributed by atoms with Crippen molar-refractivity contribution in [1.29, 1.82) is 5.26 Å². The minimum Gasteiger partial charge on any atom is -0.323 e. The van der Waals surface area contributed by atoms with Gasteiger partial charge >= 0.3 is 0 Å². The Labute approximate surface area is 119 Å². The van der Waals surface area contributed by atoms with Gasteiger partial charge in [-0.25, -0.2) is 0 Å². The van der Waals surface area contributed by atoms with Crippen molar-refractivity contribution in [2.75, 3.05) is 0 Å². The lowest BCUT2D eigenvalue weighted by Crippen LogP contribution is -2.52. The van der Waals surface area contributed by atoms with E-state index in [4.69, 9.17) is 0 Å². The van der Waals surface area contributed by atoms with Gasteiger partial charge in [-0.3, -0.25) is 4.79 Å². The number of amides is 1. The highest BCUT2D eigenvalue weighted by molar-refractivity contribution is 5.83. The number of benzene rings is 1. The van der Waals surface area contributed by atoms with Crippen LogP contribution < -0.4 is 5.32 Å². The summed E-state index contributed by atoms with van der Waals surface area (Å²) < 4.78 is 0. The molecule has 104 valence electrons. The fourth-order valence-corrected chi connectivity index (χ4v) is 3.29. The first-order valence-electron chi connectivity index (χ1n) is 7.22. The molecule has 3 atom stereocenters. The van der Waals surface area contributed by atoms with Crippen LogP contribution in [-0.4, -0.2) is 28.9 Å². The van der Waals surface area contributed by atoms with E-state index in [0.29, 0.717) is 0 Å². The summed E-state index contributed by atoms with van der Waals surface area (Å²) in [5, 5.41) is 12.5. The molecule has 1 saturated heterocycles. The average molecular weight is 269 g/mol. The molecule has 1 aromatic carbocycles. The molecule has 20 heavy (non-hydrogen) atoms. The third-order valence-corrected chi connectivity index (χ3v) is 4.45. The summed E-state index contributed by atoms with van der Waals surface area (Å²) in [6, 6.07) is 10.2. The van der Waals surface area contributed by atoms with Crippen LogP contribution in [0.4, 0.5) is 0 Å². The van der Waals surface area contributed by atoms with Gasteiger partial charge in [0.25, 0.3) is 0 Å². The zero-order valence-electron chi connectivity index (χ0n) is 11.7. The van der Waals surface area contributed by atoms with Gasteiger partial charge in [0, 0.05) is 12.6 Å². The van der Waals surface area contributed by atoms with Crippen LogP contribution in [0, 0.1) is 11.3 Å². The molecule has 1 N–H and O–H groups in total. The Bertz CT molecular complexity index is 563. The molecule has 0 bridgehead atoms. The molecule has 2 aliphatic heterocycles. The normalized spacial score (nSPS) is 28.8. The van der Waals surface area contributed by atoms with Gasteiger partial charge < -0.3 is 10.2 Å². The Morgan fingerprint density at radius 1 is 1.35 bits per heavy atom. The zero-order valence-corrected chi connectivity index (χ0v) is 11.7.